The summed E-state index contributed by atoms with van der Waals surface area (Å²) in [6, 6.07) is 1.83. The van der Waals surface area contributed by atoms with Gasteiger partial charge in [0.2, 0.25) is 0 Å². The van der Waals surface area contributed by atoms with Gasteiger partial charge in [-0.1, -0.05) is 0 Å². The van der Waals surface area contributed by atoms with E-state index in [9.17, 15) is 8.78 Å². The molecule has 3 unspecified atom stereocenters. The second-order valence-corrected chi connectivity index (χ2v) is 3.65. The van der Waals surface area contributed by atoms with Gasteiger partial charge in [-0.15, -0.1) is 0 Å². The van der Waals surface area contributed by atoms with Gasteiger partial charge in [0.15, 0.2) is 0 Å². The summed E-state index contributed by atoms with van der Waals surface area (Å²) in [5.41, 5.74) is 0. The number of halogens is 2. The molecule has 0 radical (unpaired) electrons. The van der Waals surface area contributed by atoms with Crippen molar-refractivity contribution in [2.75, 3.05) is 13.2 Å². The maximum absolute atomic E-state index is 11.8. The summed E-state index contributed by atoms with van der Waals surface area (Å²) >= 11 is 0. The fraction of sp³-hybridized carbons (Fsp3) is 0.889. The van der Waals surface area contributed by atoms with Crippen molar-refractivity contribution in [1.29, 1.82) is 5.26 Å². The SMILES string of the molecule is N#CC1CC1CC(CO)NCC(F)F. The first-order chi connectivity index (χ1) is 6.67. The molecule has 0 amide bonds. The lowest BCUT2D eigenvalue weighted by molar-refractivity contribution is 0.131. The number of rotatable bonds is 6. The van der Waals surface area contributed by atoms with Gasteiger partial charge in [-0.25, -0.2) is 8.78 Å². The number of hydrogen-bond donors (Lipinski definition) is 2. The van der Waals surface area contributed by atoms with Crippen LogP contribution in [0.3, 0.4) is 0 Å². The molecule has 1 aliphatic rings. The standard InChI is InChI=1S/C9H14F2N2O/c10-9(11)4-13-8(5-14)2-6-1-7(6)3-12/h6-9,13-14H,1-2,4-5H2. The van der Waals surface area contributed by atoms with Crippen molar-refractivity contribution in [2.24, 2.45) is 11.8 Å². The van der Waals surface area contributed by atoms with Gasteiger partial charge in [0.05, 0.1) is 19.2 Å². The predicted molar refractivity (Wildman–Crippen MR) is 46.7 cm³/mol. The van der Waals surface area contributed by atoms with Crippen LogP contribution < -0.4 is 5.32 Å². The molecule has 3 atom stereocenters. The van der Waals surface area contributed by atoms with E-state index in [-0.39, 0.29) is 24.5 Å². The van der Waals surface area contributed by atoms with E-state index in [1.807, 2.05) is 0 Å². The third-order valence-corrected chi connectivity index (χ3v) is 2.46. The summed E-state index contributed by atoms with van der Waals surface area (Å²) < 4.78 is 23.7. The molecule has 14 heavy (non-hydrogen) atoms. The van der Waals surface area contributed by atoms with Gasteiger partial charge in [-0.05, 0) is 18.8 Å². The van der Waals surface area contributed by atoms with Crippen LogP contribution in [0.5, 0.6) is 0 Å². The molecule has 0 aliphatic heterocycles. The molecule has 0 heterocycles. The Bertz CT molecular complexity index is 217. The largest absolute Gasteiger partial charge is 0.395 e. The Labute approximate surface area is 81.7 Å². The summed E-state index contributed by atoms with van der Waals surface area (Å²) in [5.74, 6) is 0.347. The average Bonchev–Trinajstić information content (AvgIpc) is 2.90. The summed E-state index contributed by atoms with van der Waals surface area (Å²) in [7, 11) is 0. The van der Waals surface area contributed by atoms with Crippen LogP contribution in [-0.2, 0) is 0 Å². The van der Waals surface area contributed by atoms with Crippen LogP contribution in [0, 0.1) is 23.2 Å². The zero-order chi connectivity index (χ0) is 10.6. The molecule has 0 spiro atoms. The van der Waals surface area contributed by atoms with E-state index in [1.54, 1.807) is 0 Å². The van der Waals surface area contributed by atoms with E-state index in [2.05, 4.69) is 11.4 Å². The average molecular weight is 204 g/mol. The zero-order valence-corrected chi connectivity index (χ0v) is 7.79. The van der Waals surface area contributed by atoms with Gasteiger partial charge in [-0.3, -0.25) is 0 Å². The molecule has 0 saturated heterocycles. The van der Waals surface area contributed by atoms with Crippen LogP contribution in [0.25, 0.3) is 0 Å². The second kappa shape index (κ2) is 5.23. The van der Waals surface area contributed by atoms with Crippen LogP contribution in [0.2, 0.25) is 0 Å². The van der Waals surface area contributed by atoms with Crippen molar-refractivity contribution in [3.8, 4) is 6.07 Å². The molecule has 1 fully saturated rings. The second-order valence-electron chi connectivity index (χ2n) is 3.65. The minimum Gasteiger partial charge on any atom is -0.395 e. The minimum atomic E-state index is -2.39. The van der Waals surface area contributed by atoms with Crippen LogP contribution in [-0.4, -0.2) is 30.7 Å². The van der Waals surface area contributed by atoms with Gasteiger partial charge in [0.25, 0.3) is 6.43 Å². The highest BCUT2D eigenvalue weighted by Crippen LogP contribution is 2.41. The molecule has 0 aromatic rings. The number of nitrogens with zero attached hydrogens (tertiary/aromatic N) is 1. The number of hydrogen-bond acceptors (Lipinski definition) is 3. The summed E-state index contributed by atoms with van der Waals surface area (Å²) in [5, 5.41) is 20.0. The number of aliphatic hydroxyl groups is 1. The van der Waals surface area contributed by atoms with Gasteiger partial charge in [0.1, 0.15) is 0 Å². The highest BCUT2D eigenvalue weighted by atomic mass is 19.3. The topological polar surface area (TPSA) is 56.0 Å². The lowest BCUT2D eigenvalue weighted by Gasteiger charge is -2.15. The van der Waals surface area contributed by atoms with E-state index in [1.165, 1.54) is 0 Å². The first kappa shape index (κ1) is 11.3. The molecule has 2 N–H and O–H groups in total. The molecule has 5 heteroatoms. The Morgan fingerprint density at radius 1 is 1.57 bits per heavy atom. The van der Waals surface area contributed by atoms with E-state index in [4.69, 9.17) is 10.4 Å². The number of alkyl halides is 2. The molecule has 3 nitrogen and oxygen atoms in total. The number of aliphatic hydroxyl groups excluding tert-OH is 1. The maximum atomic E-state index is 11.8. The van der Waals surface area contributed by atoms with Crippen LogP contribution in [0.15, 0.2) is 0 Å². The van der Waals surface area contributed by atoms with Crippen molar-refractivity contribution in [2.45, 2.75) is 25.3 Å². The molecule has 0 bridgehead atoms. The maximum Gasteiger partial charge on any atom is 0.250 e. The van der Waals surface area contributed by atoms with E-state index >= 15 is 0 Å². The van der Waals surface area contributed by atoms with E-state index < -0.39 is 13.0 Å². The van der Waals surface area contributed by atoms with Gasteiger partial charge in [-0.2, -0.15) is 5.26 Å². The summed E-state index contributed by atoms with van der Waals surface area (Å²) in [6.07, 6.45) is -0.944. The van der Waals surface area contributed by atoms with E-state index in [0.717, 1.165) is 6.42 Å². The Morgan fingerprint density at radius 2 is 2.29 bits per heavy atom. The third-order valence-electron chi connectivity index (χ3n) is 2.46. The summed E-state index contributed by atoms with van der Waals surface area (Å²) in [6.45, 7) is -0.545. The van der Waals surface area contributed by atoms with Gasteiger partial charge >= 0.3 is 0 Å². The third kappa shape index (κ3) is 3.56. The van der Waals surface area contributed by atoms with Gasteiger partial charge < -0.3 is 10.4 Å². The Morgan fingerprint density at radius 3 is 2.71 bits per heavy atom. The minimum absolute atomic E-state index is 0.0670. The van der Waals surface area contributed by atoms with Crippen molar-refractivity contribution in [3.05, 3.63) is 0 Å². The molecule has 80 valence electrons. The molecule has 0 aromatic heterocycles. The van der Waals surface area contributed by atoms with Gasteiger partial charge in [0, 0.05) is 12.0 Å². The fourth-order valence-electron chi connectivity index (χ4n) is 1.51. The van der Waals surface area contributed by atoms with Crippen LogP contribution >= 0.6 is 0 Å². The Hall–Kier alpha value is -0.730. The monoisotopic (exact) mass is 204 g/mol. The lowest BCUT2D eigenvalue weighted by Crippen LogP contribution is -2.36. The molecule has 1 saturated carbocycles. The number of nitrogens with one attached hydrogen (secondary N) is 1. The highest BCUT2D eigenvalue weighted by Gasteiger charge is 2.38. The zero-order valence-electron chi connectivity index (χ0n) is 7.79. The lowest BCUT2D eigenvalue weighted by atomic mass is 10.1. The Kier molecular flexibility index (Phi) is 4.23. The predicted octanol–water partition coefficient (Wildman–Crippen LogP) is 0.752. The molecular formula is C9H14F2N2O. The highest BCUT2D eigenvalue weighted by molar-refractivity contribution is 5.02. The molecule has 1 rings (SSSR count). The first-order valence-corrected chi connectivity index (χ1v) is 4.69. The van der Waals surface area contributed by atoms with Crippen LogP contribution in [0.1, 0.15) is 12.8 Å². The van der Waals surface area contributed by atoms with Crippen molar-refractivity contribution in [1.82, 2.24) is 5.32 Å². The first-order valence-electron chi connectivity index (χ1n) is 4.69. The van der Waals surface area contributed by atoms with E-state index in [0.29, 0.717) is 6.42 Å². The van der Waals surface area contributed by atoms with Crippen molar-refractivity contribution in [3.63, 3.8) is 0 Å². The Balaban J connectivity index is 2.16. The normalized spacial score (nSPS) is 27.4. The van der Waals surface area contributed by atoms with Crippen molar-refractivity contribution < 1.29 is 13.9 Å². The van der Waals surface area contributed by atoms with Crippen LogP contribution in [0.4, 0.5) is 8.78 Å². The molecular weight excluding hydrogens is 190 g/mol. The smallest absolute Gasteiger partial charge is 0.250 e. The molecule has 0 aromatic carbocycles. The fourth-order valence-corrected chi connectivity index (χ4v) is 1.51. The van der Waals surface area contributed by atoms with Crippen molar-refractivity contribution >= 4 is 0 Å². The summed E-state index contributed by atoms with van der Waals surface area (Å²) in [4.78, 5) is 0. The number of nitriles is 1. The molecule has 1 aliphatic carbocycles. The quantitative estimate of drug-likeness (QED) is 0.671.